The summed E-state index contributed by atoms with van der Waals surface area (Å²) >= 11 is 0. The van der Waals surface area contributed by atoms with E-state index in [1.54, 1.807) is 11.9 Å². The number of likely N-dealkylation sites (N-methyl/N-ethyl adjacent to an activating group) is 2. The first-order valence-electron chi connectivity index (χ1n) is 5.32. The maximum absolute atomic E-state index is 11.5. The number of aliphatic hydroxyl groups is 1. The maximum Gasteiger partial charge on any atom is 0.239 e. The number of hydrogen-bond acceptors (Lipinski definition) is 4. The van der Waals surface area contributed by atoms with E-state index in [1.807, 2.05) is 19.0 Å². The zero-order valence-electron chi connectivity index (χ0n) is 9.73. The van der Waals surface area contributed by atoms with E-state index in [0.29, 0.717) is 13.1 Å². The van der Waals surface area contributed by atoms with Crippen molar-refractivity contribution in [1.82, 2.24) is 15.1 Å². The van der Waals surface area contributed by atoms with Gasteiger partial charge in [-0.1, -0.05) is 0 Å². The summed E-state index contributed by atoms with van der Waals surface area (Å²) in [5, 5.41) is 12.7. The van der Waals surface area contributed by atoms with Crippen molar-refractivity contribution in [2.75, 3.05) is 40.8 Å². The number of aliphatic hydroxyl groups excluding tert-OH is 1. The molecule has 5 nitrogen and oxygen atoms in total. The predicted octanol–water partition coefficient (Wildman–Crippen LogP) is -1.27. The molecule has 5 heteroatoms. The molecule has 0 aromatic heterocycles. The van der Waals surface area contributed by atoms with Crippen LogP contribution in [0.2, 0.25) is 0 Å². The van der Waals surface area contributed by atoms with E-state index < -0.39 is 6.10 Å². The molecule has 2 unspecified atom stereocenters. The first-order chi connectivity index (χ1) is 7.00. The Labute approximate surface area is 91.0 Å². The highest BCUT2D eigenvalue weighted by atomic mass is 16.3. The van der Waals surface area contributed by atoms with Crippen molar-refractivity contribution in [1.29, 1.82) is 0 Å². The van der Waals surface area contributed by atoms with Crippen LogP contribution in [-0.2, 0) is 4.79 Å². The van der Waals surface area contributed by atoms with Gasteiger partial charge in [0.25, 0.3) is 0 Å². The van der Waals surface area contributed by atoms with E-state index in [1.165, 1.54) is 0 Å². The second-order valence-corrected chi connectivity index (χ2v) is 4.43. The van der Waals surface area contributed by atoms with Crippen LogP contribution in [-0.4, -0.2) is 73.7 Å². The van der Waals surface area contributed by atoms with Crippen LogP contribution in [0.15, 0.2) is 0 Å². The van der Waals surface area contributed by atoms with Crippen molar-refractivity contribution >= 4 is 5.91 Å². The van der Waals surface area contributed by atoms with Crippen molar-refractivity contribution in [3.05, 3.63) is 0 Å². The summed E-state index contributed by atoms with van der Waals surface area (Å²) in [6.07, 6.45) is 0.419. The third-order valence-electron chi connectivity index (χ3n) is 2.60. The topological polar surface area (TPSA) is 55.8 Å². The molecule has 1 aliphatic rings. The van der Waals surface area contributed by atoms with Crippen molar-refractivity contribution < 1.29 is 9.90 Å². The van der Waals surface area contributed by atoms with E-state index in [2.05, 4.69) is 5.32 Å². The molecule has 2 N–H and O–H groups in total. The lowest BCUT2D eigenvalue weighted by Gasteiger charge is -2.18. The fourth-order valence-corrected chi connectivity index (χ4v) is 1.78. The Balaban J connectivity index is 2.23. The van der Waals surface area contributed by atoms with Crippen LogP contribution in [0.4, 0.5) is 0 Å². The van der Waals surface area contributed by atoms with Crippen LogP contribution in [0.5, 0.6) is 0 Å². The molecule has 0 radical (unpaired) electrons. The summed E-state index contributed by atoms with van der Waals surface area (Å²) in [6, 6.07) is -0.105. The van der Waals surface area contributed by atoms with Gasteiger partial charge in [0.2, 0.25) is 5.91 Å². The summed E-state index contributed by atoms with van der Waals surface area (Å²) in [6.45, 7) is 1.90. The second-order valence-electron chi connectivity index (χ2n) is 4.43. The molecular weight excluding hydrogens is 194 g/mol. The molecule has 1 saturated heterocycles. The van der Waals surface area contributed by atoms with Crippen molar-refractivity contribution in [3.8, 4) is 0 Å². The molecule has 1 aliphatic heterocycles. The summed E-state index contributed by atoms with van der Waals surface area (Å²) in [5.41, 5.74) is 0. The van der Waals surface area contributed by atoms with Gasteiger partial charge in [-0.3, -0.25) is 4.79 Å². The minimum atomic E-state index is -0.418. The summed E-state index contributed by atoms with van der Waals surface area (Å²) in [7, 11) is 5.63. The van der Waals surface area contributed by atoms with E-state index in [4.69, 9.17) is 0 Å². The standard InChI is InChI=1S/C10H21N3O2/c1-12(2)7-8(14)6-11-9-4-5-13(3)10(9)15/h8-9,11,14H,4-7H2,1-3H3. The van der Waals surface area contributed by atoms with Gasteiger partial charge in [0, 0.05) is 26.7 Å². The molecule has 1 amide bonds. The number of carbonyl (C=O) groups excluding carboxylic acids is 1. The van der Waals surface area contributed by atoms with Gasteiger partial charge in [0.1, 0.15) is 0 Å². The van der Waals surface area contributed by atoms with Gasteiger partial charge in [0.05, 0.1) is 12.1 Å². The van der Waals surface area contributed by atoms with Crippen LogP contribution in [0, 0.1) is 0 Å². The zero-order chi connectivity index (χ0) is 11.4. The van der Waals surface area contributed by atoms with Crippen molar-refractivity contribution in [2.24, 2.45) is 0 Å². The second kappa shape index (κ2) is 5.44. The minimum Gasteiger partial charge on any atom is -0.390 e. The molecule has 0 spiro atoms. The van der Waals surface area contributed by atoms with Gasteiger partial charge in [-0.05, 0) is 20.5 Å². The summed E-state index contributed by atoms with van der Waals surface area (Å²) in [4.78, 5) is 15.2. The van der Waals surface area contributed by atoms with Crippen molar-refractivity contribution in [2.45, 2.75) is 18.6 Å². The van der Waals surface area contributed by atoms with E-state index in [-0.39, 0.29) is 11.9 Å². The largest absolute Gasteiger partial charge is 0.390 e. The highest BCUT2D eigenvalue weighted by Crippen LogP contribution is 2.08. The van der Waals surface area contributed by atoms with Gasteiger partial charge < -0.3 is 20.2 Å². The zero-order valence-corrected chi connectivity index (χ0v) is 9.73. The number of hydrogen-bond donors (Lipinski definition) is 2. The monoisotopic (exact) mass is 215 g/mol. The highest BCUT2D eigenvalue weighted by molar-refractivity contribution is 5.83. The number of amides is 1. The SMILES string of the molecule is CN(C)CC(O)CNC1CCN(C)C1=O. The molecule has 0 saturated carbocycles. The number of likely N-dealkylation sites (tertiary alicyclic amines) is 1. The number of nitrogens with zero attached hydrogens (tertiary/aromatic N) is 2. The van der Waals surface area contributed by atoms with Crippen LogP contribution in [0.25, 0.3) is 0 Å². The van der Waals surface area contributed by atoms with Gasteiger partial charge in [-0.2, -0.15) is 0 Å². The van der Waals surface area contributed by atoms with Crippen molar-refractivity contribution in [3.63, 3.8) is 0 Å². The molecular formula is C10H21N3O2. The Morgan fingerprint density at radius 3 is 2.80 bits per heavy atom. The van der Waals surface area contributed by atoms with Gasteiger partial charge in [-0.15, -0.1) is 0 Å². The van der Waals surface area contributed by atoms with Gasteiger partial charge in [-0.25, -0.2) is 0 Å². The number of nitrogens with one attached hydrogen (secondary N) is 1. The lowest BCUT2D eigenvalue weighted by Crippen LogP contribution is -2.43. The smallest absolute Gasteiger partial charge is 0.239 e. The Hall–Kier alpha value is -0.650. The van der Waals surface area contributed by atoms with Crippen LogP contribution < -0.4 is 5.32 Å². The highest BCUT2D eigenvalue weighted by Gasteiger charge is 2.28. The fourth-order valence-electron chi connectivity index (χ4n) is 1.78. The quantitative estimate of drug-likeness (QED) is 0.600. The number of carbonyl (C=O) groups is 1. The predicted molar refractivity (Wildman–Crippen MR) is 58.6 cm³/mol. The number of rotatable bonds is 5. The lowest BCUT2D eigenvalue weighted by atomic mass is 10.2. The van der Waals surface area contributed by atoms with Gasteiger partial charge in [0.15, 0.2) is 0 Å². The third kappa shape index (κ3) is 3.77. The normalized spacial score (nSPS) is 23.9. The molecule has 1 rings (SSSR count). The fraction of sp³-hybridized carbons (Fsp3) is 0.900. The Morgan fingerprint density at radius 2 is 2.33 bits per heavy atom. The molecule has 15 heavy (non-hydrogen) atoms. The first-order valence-corrected chi connectivity index (χ1v) is 5.32. The molecule has 0 aromatic rings. The average molecular weight is 215 g/mol. The van der Waals surface area contributed by atoms with Crippen LogP contribution in [0.1, 0.15) is 6.42 Å². The molecule has 0 bridgehead atoms. The Bertz CT molecular complexity index is 221. The first kappa shape index (κ1) is 12.4. The molecule has 0 aliphatic carbocycles. The Kier molecular flexibility index (Phi) is 4.50. The van der Waals surface area contributed by atoms with Crippen LogP contribution >= 0.6 is 0 Å². The molecule has 1 heterocycles. The Morgan fingerprint density at radius 1 is 1.67 bits per heavy atom. The summed E-state index contributed by atoms with van der Waals surface area (Å²) in [5.74, 6) is 0.132. The summed E-state index contributed by atoms with van der Waals surface area (Å²) < 4.78 is 0. The lowest BCUT2D eigenvalue weighted by molar-refractivity contribution is -0.128. The maximum atomic E-state index is 11.5. The minimum absolute atomic E-state index is 0.105. The van der Waals surface area contributed by atoms with Crippen LogP contribution in [0.3, 0.4) is 0 Å². The molecule has 88 valence electrons. The third-order valence-corrected chi connectivity index (χ3v) is 2.60. The molecule has 0 aromatic carbocycles. The van der Waals surface area contributed by atoms with E-state index in [0.717, 1.165) is 13.0 Å². The molecule has 1 fully saturated rings. The van der Waals surface area contributed by atoms with Gasteiger partial charge >= 0.3 is 0 Å². The molecule has 2 atom stereocenters. The van der Waals surface area contributed by atoms with E-state index >= 15 is 0 Å². The van der Waals surface area contributed by atoms with E-state index in [9.17, 15) is 9.90 Å². The average Bonchev–Trinajstić information content (AvgIpc) is 2.44.